The zero-order valence-electron chi connectivity index (χ0n) is 17.3. The Labute approximate surface area is 173 Å². The maximum atomic E-state index is 14.7. The number of hydrogen-bond acceptors (Lipinski definition) is 3. The highest BCUT2D eigenvalue weighted by Crippen LogP contribution is 2.39. The Morgan fingerprint density at radius 3 is 1.93 bits per heavy atom. The number of nitrogens with two attached hydrogens (primary N) is 1. The lowest BCUT2D eigenvalue weighted by Gasteiger charge is -2.46. The van der Waals surface area contributed by atoms with Crippen molar-refractivity contribution >= 4 is 24.8 Å². The first kappa shape index (κ1) is 21.5. The van der Waals surface area contributed by atoms with Gasteiger partial charge in [-0.25, -0.2) is 9.18 Å². The van der Waals surface area contributed by atoms with Crippen LogP contribution in [0.4, 0.5) is 9.18 Å². The van der Waals surface area contributed by atoms with Crippen molar-refractivity contribution in [3.63, 3.8) is 0 Å². The highest BCUT2D eigenvalue weighted by Gasteiger charge is 2.52. The largest absolute Gasteiger partial charge is 0.443 e. The summed E-state index contributed by atoms with van der Waals surface area (Å²) in [6, 6.07) is 20.6. The zero-order chi connectivity index (χ0) is 21.1. The Hall–Kier alpha value is -2.18. The van der Waals surface area contributed by atoms with Gasteiger partial charge in [0, 0.05) is 12.5 Å². The molecule has 2 aromatic carbocycles. The van der Waals surface area contributed by atoms with Crippen LogP contribution in [0.2, 0.25) is 5.04 Å². The van der Waals surface area contributed by atoms with Gasteiger partial charge in [0.25, 0.3) is 8.32 Å². The van der Waals surface area contributed by atoms with E-state index in [4.69, 9.17) is 14.9 Å². The molecule has 0 spiro atoms. The van der Waals surface area contributed by atoms with Crippen LogP contribution in [0.1, 0.15) is 40.0 Å². The Morgan fingerprint density at radius 2 is 1.52 bits per heavy atom. The van der Waals surface area contributed by atoms with Crippen LogP contribution in [-0.2, 0) is 9.16 Å². The number of rotatable bonds is 5. The van der Waals surface area contributed by atoms with E-state index in [1.165, 1.54) is 10.4 Å². The Kier molecular flexibility index (Phi) is 6.44. The van der Waals surface area contributed by atoms with Crippen LogP contribution in [0.3, 0.4) is 0 Å². The molecule has 4 nitrogen and oxygen atoms in total. The van der Waals surface area contributed by atoms with Crippen molar-refractivity contribution < 1.29 is 18.3 Å². The maximum absolute atomic E-state index is 14.7. The van der Waals surface area contributed by atoms with Gasteiger partial charge in [-0.05, 0) is 28.3 Å². The standard InChI is InChI=1S/C23H30FNO3Si/c1-23(2,3)29(18-10-6-4-7-11-18,19-12-8-5-9-13-19)28-17-14-15-21(20(24)16-17)27-22(25)26/h4-13,17,20-21H,14-16H2,1-3H3,(H2,25,26). The molecule has 0 bridgehead atoms. The summed E-state index contributed by atoms with van der Waals surface area (Å²) < 4.78 is 26.6. The minimum absolute atomic E-state index is 0.165. The molecule has 2 N–H and O–H groups in total. The zero-order valence-corrected chi connectivity index (χ0v) is 18.3. The summed E-state index contributed by atoms with van der Waals surface area (Å²) in [5.74, 6) is 0. The van der Waals surface area contributed by atoms with E-state index in [9.17, 15) is 9.18 Å². The predicted octanol–water partition coefficient (Wildman–Crippen LogP) is 3.92. The van der Waals surface area contributed by atoms with Crippen molar-refractivity contribution in [1.29, 1.82) is 0 Å². The van der Waals surface area contributed by atoms with Crippen molar-refractivity contribution in [2.24, 2.45) is 5.73 Å². The number of benzene rings is 2. The number of primary amides is 1. The molecule has 1 saturated carbocycles. The van der Waals surface area contributed by atoms with E-state index in [0.717, 1.165) is 0 Å². The quantitative estimate of drug-likeness (QED) is 0.753. The Morgan fingerprint density at radius 1 is 1.00 bits per heavy atom. The van der Waals surface area contributed by atoms with Gasteiger partial charge >= 0.3 is 6.09 Å². The van der Waals surface area contributed by atoms with Crippen molar-refractivity contribution in [2.75, 3.05) is 0 Å². The van der Waals surface area contributed by atoms with Gasteiger partial charge in [-0.2, -0.15) is 0 Å². The molecular weight excluding hydrogens is 385 g/mol. The molecule has 1 aliphatic rings. The molecule has 156 valence electrons. The molecule has 0 saturated heterocycles. The van der Waals surface area contributed by atoms with Gasteiger partial charge in [-0.15, -0.1) is 0 Å². The van der Waals surface area contributed by atoms with Gasteiger partial charge in [0.15, 0.2) is 0 Å². The minimum atomic E-state index is -2.72. The summed E-state index contributed by atoms with van der Waals surface area (Å²) in [5, 5.41) is 2.18. The summed E-state index contributed by atoms with van der Waals surface area (Å²) in [7, 11) is -2.72. The highest BCUT2D eigenvalue weighted by molar-refractivity contribution is 6.99. The molecular formula is C23H30FNO3Si. The summed E-state index contributed by atoms with van der Waals surface area (Å²) >= 11 is 0. The molecule has 2 aromatic rings. The lowest BCUT2D eigenvalue weighted by atomic mass is 9.93. The fourth-order valence-corrected chi connectivity index (χ4v) is 9.11. The molecule has 1 amide bonds. The molecule has 3 unspecified atom stereocenters. The van der Waals surface area contributed by atoms with E-state index in [1.807, 2.05) is 36.4 Å². The summed E-state index contributed by atoms with van der Waals surface area (Å²) in [5.41, 5.74) is 5.08. The molecule has 0 heterocycles. The van der Waals surface area contributed by atoms with Crippen LogP contribution >= 0.6 is 0 Å². The average Bonchev–Trinajstić information content (AvgIpc) is 2.68. The number of carbonyl (C=O) groups is 1. The van der Waals surface area contributed by atoms with E-state index in [0.29, 0.717) is 12.8 Å². The second-order valence-corrected chi connectivity index (χ2v) is 13.0. The van der Waals surface area contributed by atoms with Gasteiger partial charge in [0.1, 0.15) is 12.3 Å². The van der Waals surface area contributed by atoms with Crippen LogP contribution in [0.5, 0.6) is 0 Å². The molecule has 29 heavy (non-hydrogen) atoms. The number of ether oxygens (including phenoxy) is 1. The van der Waals surface area contributed by atoms with Crippen LogP contribution in [0.15, 0.2) is 60.7 Å². The number of alkyl halides is 1. The van der Waals surface area contributed by atoms with Gasteiger partial charge < -0.3 is 14.9 Å². The van der Waals surface area contributed by atoms with E-state index in [2.05, 4.69) is 45.0 Å². The third-order valence-corrected chi connectivity index (χ3v) is 10.8. The monoisotopic (exact) mass is 415 g/mol. The van der Waals surface area contributed by atoms with Crippen LogP contribution in [-0.4, -0.2) is 32.8 Å². The van der Waals surface area contributed by atoms with Crippen molar-refractivity contribution in [3.8, 4) is 0 Å². The average molecular weight is 416 g/mol. The van der Waals surface area contributed by atoms with Crippen LogP contribution < -0.4 is 16.1 Å². The third kappa shape index (κ3) is 4.54. The SMILES string of the molecule is CC(C)(C)[Si](OC1CCC(OC(N)=O)C(F)C1)(c1ccccc1)c1ccccc1. The molecule has 0 radical (unpaired) electrons. The Balaban J connectivity index is 1.98. The maximum Gasteiger partial charge on any atom is 0.404 e. The summed E-state index contributed by atoms with van der Waals surface area (Å²) in [6.45, 7) is 6.61. The van der Waals surface area contributed by atoms with Gasteiger partial charge in [0.05, 0.1) is 0 Å². The first-order valence-corrected chi connectivity index (χ1v) is 12.0. The number of amides is 1. The summed E-state index contributed by atoms with van der Waals surface area (Å²) in [6.07, 6.45) is -2.00. The number of halogens is 1. The molecule has 3 atom stereocenters. The van der Waals surface area contributed by atoms with Crippen molar-refractivity contribution in [3.05, 3.63) is 60.7 Å². The van der Waals surface area contributed by atoms with E-state index < -0.39 is 26.7 Å². The molecule has 3 rings (SSSR count). The molecule has 0 aliphatic heterocycles. The molecule has 0 aromatic heterocycles. The first-order valence-electron chi connectivity index (χ1n) is 10.1. The van der Waals surface area contributed by atoms with Gasteiger partial charge in [-0.3, -0.25) is 0 Å². The fraction of sp³-hybridized carbons (Fsp3) is 0.435. The van der Waals surface area contributed by atoms with E-state index in [-0.39, 0.29) is 17.6 Å². The molecule has 6 heteroatoms. The fourth-order valence-electron chi connectivity index (χ4n) is 4.38. The van der Waals surface area contributed by atoms with Gasteiger partial charge in [-0.1, -0.05) is 81.4 Å². The number of hydrogen-bond donors (Lipinski definition) is 1. The van der Waals surface area contributed by atoms with Crippen LogP contribution in [0, 0.1) is 0 Å². The third-order valence-electron chi connectivity index (χ3n) is 5.69. The van der Waals surface area contributed by atoms with Crippen LogP contribution in [0.25, 0.3) is 0 Å². The smallest absolute Gasteiger partial charge is 0.404 e. The Bertz CT molecular complexity index is 770. The second-order valence-electron chi connectivity index (χ2n) is 8.71. The topological polar surface area (TPSA) is 61.6 Å². The molecule has 1 fully saturated rings. The summed E-state index contributed by atoms with van der Waals surface area (Å²) in [4.78, 5) is 11.0. The second kappa shape index (κ2) is 8.67. The lowest BCUT2D eigenvalue weighted by Crippen LogP contribution is -2.68. The van der Waals surface area contributed by atoms with Crippen molar-refractivity contribution in [2.45, 2.75) is 63.5 Å². The van der Waals surface area contributed by atoms with Crippen molar-refractivity contribution in [1.82, 2.24) is 0 Å². The minimum Gasteiger partial charge on any atom is -0.443 e. The first-order chi connectivity index (χ1) is 13.7. The van der Waals surface area contributed by atoms with Gasteiger partial charge in [0.2, 0.25) is 0 Å². The van der Waals surface area contributed by atoms with E-state index >= 15 is 0 Å². The number of carbonyl (C=O) groups excluding carboxylic acids is 1. The van der Waals surface area contributed by atoms with E-state index in [1.54, 1.807) is 0 Å². The molecule has 1 aliphatic carbocycles. The normalized spacial score (nSPS) is 22.8. The highest BCUT2D eigenvalue weighted by atomic mass is 28.4. The lowest BCUT2D eigenvalue weighted by molar-refractivity contribution is -0.0130. The predicted molar refractivity (Wildman–Crippen MR) is 116 cm³/mol.